The molecule has 7 nitrogen and oxygen atoms in total. The molecule has 0 fully saturated rings. The van der Waals surface area contributed by atoms with E-state index in [1.54, 1.807) is 19.1 Å². The second-order valence-corrected chi connectivity index (χ2v) is 3.97. The summed E-state index contributed by atoms with van der Waals surface area (Å²) in [6.45, 7) is 3.69. The molecule has 1 heterocycles. The summed E-state index contributed by atoms with van der Waals surface area (Å²) in [5.74, 6) is 1.07. The first-order valence-electron chi connectivity index (χ1n) is 5.79. The predicted molar refractivity (Wildman–Crippen MR) is 65.8 cm³/mol. The highest BCUT2D eigenvalue weighted by Crippen LogP contribution is 2.28. The van der Waals surface area contributed by atoms with Gasteiger partial charge in [0.1, 0.15) is 0 Å². The van der Waals surface area contributed by atoms with Crippen LogP contribution in [0.5, 0.6) is 5.75 Å². The summed E-state index contributed by atoms with van der Waals surface area (Å²) < 4.78 is 10.3. The van der Waals surface area contributed by atoms with Crippen LogP contribution in [0.25, 0.3) is 0 Å². The van der Waals surface area contributed by atoms with Gasteiger partial charge < -0.3 is 9.26 Å². The van der Waals surface area contributed by atoms with Crippen LogP contribution in [-0.4, -0.2) is 15.1 Å². The molecule has 19 heavy (non-hydrogen) atoms. The number of nitro groups is 1. The Morgan fingerprint density at radius 3 is 2.89 bits per heavy atom. The number of hydrogen-bond acceptors (Lipinski definition) is 6. The van der Waals surface area contributed by atoms with Crippen LogP contribution in [0.4, 0.5) is 5.69 Å². The zero-order chi connectivity index (χ0) is 13.8. The minimum atomic E-state index is -0.479. The standard InChI is InChI=1S/C12H13N3O4/c1-3-11-13-12(19-14-11)7-18-10-5-4-8(2)6-9(10)15(16)17/h4-6H,3,7H2,1-2H3. The molecule has 0 saturated heterocycles. The molecule has 0 aliphatic heterocycles. The Morgan fingerprint density at radius 2 is 2.26 bits per heavy atom. The van der Waals surface area contributed by atoms with E-state index in [1.165, 1.54) is 6.07 Å². The van der Waals surface area contributed by atoms with Crippen molar-refractivity contribution in [2.24, 2.45) is 0 Å². The first kappa shape index (κ1) is 13.0. The molecule has 0 radical (unpaired) electrons. The van der Waals surface area contributed by atoms with Gasteiger partial charge in [0.05, 0.1) is 4.92 Å². The van der Waals surface area contributed by atoms with E-state index in [-0.39, 0.29) is 18.0 Å². The van der Waals surface area contributed by atoms with E-state index < -0.39 is 4.92 Å². The van der Waals surface area contributed by atoms with Crippen LogP contribution in [0.2, 0.25) is 0 Å². The second-order valence-electron chi connectivity index (χ2n) is 3.97. The molecule has 1 aromatic carbocycles. The first-order chi connectivity index (χ1) is 9.10. The van der Waals surface area contributed by atoms with Crippen molar-refractivity contribution in [3.05, 3.63) is 45.6 Å². The number of benzene rings is 1. The van der Waals surface area contributed by atoms with Gasteiger partial charge in [-0.1, -0.05) is 18.1 Å². The summed E-state index contributed by atoms with van der Waals surface area (Å²) in [5.41, 5.74) is 0.723. The molecule has 2 aromatic rings. The van der Waals surface area contributed by atoms with Crippen LogP contribution in [-0.2, 0) is 13.0 Å². The van der Waals surface area contributed by atoms with Gasteiger partial charge in [-0.25, -0.2) is 0 Å². The van der Waals surface area contributed by atoms with Crippen molar-refractivity contribution >= 4 is 5.69 Å². The van der Waals surface area contributed by atoms with E-state index in [1.807, 2.05) is 6.92 Å². The van der Waals surface area contributed by atoms with Crippen molar-refractivity contribution in [1.29, 1.82) is 0 Å². The minimum absolute atomic E-state index is 0.0108. The average Bonchev–Trinajstić information content (AvgIpc) is 2.85. The monoisotopic (exact) mass is 263 g/mol. The van der Waals surface area contributed by atoms with Crippen LogP contribution in [0.15, 0.2) is 22.7 Å². The Hall–Kier alpha value is -2.44. The lowest BCUT2D eigenvalue weighted by Gasteiger charge is -2.04. The summed E-state index contributed by atoms with van der Waals surface area (Å²) in [6, 6.07) is 4.76. The summed E-state index contributed by atoms with van der Waals surface area (Å²) in [6.07, 6.45) is 0.661. The highest BCUT2D eigenvalue weighted by molar-refractivity contribution is 5.48. The van der Waals surface area contributed by atoms with E-state index in [0.717, 1.165) is 5.56 Å². The lowest BCUT2D eigenvalue weighted by atomic mass is 10.2. The molecule has 0 amide bonds. The molecule has 0 saturated carbocycles. The van der Waals surface area contributed by atoms with E-state index in [4.69, 9.17) is 9.26 Å². The van der Waals surface area contributed by atoms with E-state index in [9.17, 15) is 10.1 Å². The van der Waals surface area contributed by atoms with Crippen LogP contribution < -0.4 is 4.74 Å². The topological polar surface area (TPSA) is 91.3 Å². The molecular formula is C12H13N3O4. The van der Waals surface area contributed by atoms with Gasteiger partial charge in [0.25, 0.3) is 5.89 Å². The molecule has 0 spiro atoms. The predicted octanol–water partition coefficient (Wildman–Crippen LogP) is 2.43. The normalized spacial score (nSPS) is 10.4. The molecule has 1 aromatic heterocycles. The van der Waals surface area contributed by atoms with Gasteiger partial charge in [0, 0.05) is 12.5 Å². The zero-order valence-electron chi connectivity index (χ0n) is 10.6. The van der Waals surface area contributed by atoms with Crippen LogP contribution >= 0.6 is 0 Å². The number of ether oxygens (including phenoxy) is 1. The summed E-state index contributed by atoms with van der Waals surface area (Å²) in [4.78, 5) is 14.5. The van der Waals surface area contributed by atoms with Gasteiger partial charge in [-0.3, -0.25) is 10.1 Å². The SMILES string of the molecule is CCc1noc(COc2ccc(C)cc2[N+](=O)[O-])n1. The molecule has 0 aliphatic rings. The van der Waals surface area contributed by atoms with Gasteiger partial charge in [0.15, 0.2) is 18.2 Å². The maximum Gasteiger partial charge on any atom is 0.311 e. The highest BCUT2D eigenvalue weighted by atomic mass is 16.6. The van der Waals surface area contributed by atoms with Crippen molar-refractivity contribution in [3.8, 4) is 5.75 Å². The lowest BCUT2D eigenvalue weighted by Crippen LogP contribution is -2.00. The fourth-order valence-corrected chi connectivity index (χ4v) is 1.52. The Morgan fingerprint density at radius 1 is 1.47 bits per heavy atom. The average molecular weight is 263 g/mol. The van der Waals surface area contributed by atoms with Crippen molar-refractivity contribution < 1.29 is 14.2 Å². The smallest absolute Gasteiger partial charge is 0.311 e. The Balaban J connectivity index is 2.12. The molecule has 7 heteroatoms. The molecule has 0 bridgehead atoms. The molecule has 100 valence electrons. The maximum atomic E-state index is 10.9. The molecule has 0 unspecified atom stereocenters. The van der Waals surface area contributed by atoms with Crippen molar-refractivity contribution in [1.82, 2.24) is 10.1 Å². The molecular weight excluding hydrogens is 250 g/mol. The molecule has 0 aliphatic carbocycles. The van der Waals surface area contributed by atoms with E-state index >= 15 is 0 Å². The summed E-state index contributed by atoms with van der Waals surface area (Å²) in [5, 5.41) is 14.6. The van der Waals surface area contributed by atoms with Crippen LogP contribution in [0.3, 0.4) is 0 Å². The Bertz CT molecular complexity index is 594. The van der Waals surface area contributed by atoms with E-state index in [0.29, 0.717) is 18.1 Å². The second kappa shape index (κ2) is 5.47. The third-order valence-electron chi connectivity index (χ3n) is 2.49. The number of aromatic nitrogens is 2. The summed E-state index contributed by atoms with van der Waals surface area (Å²) >= 11 is 0. The molecule has 2 rings (SSSR count). The van der Waals surface area contributed by atoms with E-state index in [2.05, 4.69) is 10.1 Å². The quantitative estimate of drug-likeness (QED) is 0.607. The van der Waals surface area contributed by atoms with Gasteiger partial charge >= 0.3 is 5.69 Å². The molecule has 0 atom stereocenters. The zero-order valence-corrected chi connectivity index (χ0v) is 10.6. The molecule has 0 N–H and O–H groups in total. The largest absolute Gasteiger partial charge is 0.477 e. The first-order valence-corrected chi connectivity index (χ1v) is 5.79. The third-order valence-corrected chi connectivity index (χ3v) is 2.49. The van der Waals surface area contributed by atoms with Gasteiger partial charge in [-0.05, 0) is 18.6 Å². The number of aryl methyl sites for hydroxylation is 2. The lowest BCUT2D eigenvalue weighted by molar-refractivity contribution is -0.386. The minimum Gasteiger partial charge on any atom is -0.477 e. The number of nitro benzene ring substituents is 1. The number of nitrogens with zero attached hydrogens (tertiary/aromatic N) is 3. The third kappa shape index (κ3) is 3.06. The van der Waals surface area contributed by atoms with Crippen LogP contribution in [0, 0.1) is 17.0 Å². The maximum absolute atomic E-state index is 10.9. The summed E-state index contributed by atoms with van der Waals surface area (Å²) in [7, 11) is 0. The fourth-order valence-electron chi connectivity index (χ4n) is 1.52. The number of hydrogen-bond donors (Lipinski definition) is 0. The fraction of sp³-hybridized carbons (Fsp3) is 0.333. The van der Waals surface area contributed by atoms with Gasteiger partial charge in [-0.2, -0.15) is 4.98 Å². The van der Waals surface area contributed by atoms with Crippen molar-refractivity contribution in [2.75, 3.05) is 0 Å². The van der Waals surface area contributed by atoms with Crippen molar-refractivity contribution in [3.63, 3.8) is 0 Å². The number of rotatable bonds is 5. The Labute approximate surface area is 109 Å². The van der Waals surface area contributed by atoms with Gasteiger partial charge in [-0.15, -0.1) is 0 Å². The highest BCUT2D eigenvalue weighted by Gasteiger charge is 2.16. The Kier molecular flexibility index (Phi) is 3.74. The van der Waals surface area contributed by atoms with Gasteiger partial charge in [0.2, 0.25) is 0 Å². The van der Waals surface area contributed by atoms with Crippen molar-refractivity contribution in [2.45, 2.75) is 26.9 Å². The van der Waals surface area contributed by atoms with Crippen LogP contribution in [0.1, 0.15) is 24.2 Å².